The molecular formula is C16H17N5O2. The third kappa shape index (κ3) is 2.28. The van der Waals surface area contributed by atoms with Gasteiger partial charge in [-0.05, 0) is 41.9 Å². The molecule has 0 unspecified atom stereocenters. The number of H-pyrrole nitrogens is 2. The minimum atomic E-state index is -0.527. The zero-order valence-electron chi connectivity index (χ0n) is 12.9. The van der Waals surface area contributed by atoms with Crippen molar-refractivity contribution in [3.8, 4) is 11.3 Å². The van der Waals surface area contributed by atoms with Crippen molar-refractivity contribution in [1.82, 2.24) is 24.8 Å². The van der Waals surface area contributed by atoms with Gasteiger partial charge in [-0.25, -0.2) is 4.79 Å². The van der Waals surface area contributed by atoms with Crippen LogP contribution < -0.4 is 11.2 Å². The van der Waals surface area contributed by atoms with Crippen LogP contribution in [-0.2, 0) is 0 Å². The molecule has 1 saturated carbocycles. The van der Waals surface area contributed by atoms with Crippen molar-refractivity contribution in [1.29, 1.82) is 0 Å². The van der Waals surface area contributed by atoms with Crippen LogP contribution in [0.15, 0.2) is 34.1 Å². The highest BCUT2D eigenvalue weighted by Crippen LogP contribution is 2.52. The van der Waals surface area contributed by atoms with Gasteiger partial charge >= 0.3 is 5.69 Å². The Labute approximate surface area is 131 Å². The summed E-state index contributed by atoms with van der Waals surface area (Å²) in [4.78, 5) is 28.0. The van der Waals surface area contributed by atoms with Crippen LogP contribution in [0, 0.1) is 11.8 Å². The van der Waals surface area contributed by atoms with Crippen LogP contribution in [0.25, 0.3) is 16.8 Å². The van der Waals surface area contributed by atoms with E-state index in [-0.39, 0.29) is 0 Å². The van der Waals surface area contributed by atoms with Gasteiger partial charge in [0.1, 0.15) is 5.69 Å². The van der Waals surface area contributed by atoms with Gasteiger partial charge in [0, 0.05) is 6.20 Å². The molecule has 2 atom stereocenters. The lowest BCUT2D eigenvalue weighted by molar-refractivity contribution is 0.548. The van der Waals surface area contributed by atoms with Crippen molar-refractivity contribution >= 4 is 5.52 Å². The molecule has 0 bridgehead atoms. The molecule has 23 heavy (non-hydrogen) atoms. The first kappa shape index (κ1) is 13.9. The van der Waals surface area contributed by atoms with Crippen LogP contribution in [-0.4, -0.2) is 24.8 Å². The number of hydrogen-bond donors (Lipinski definition) is 2. The summed E-state index contributed by atoms with van der Waals surface area (Å²) in [5, 5.41) is 8.61. The van der Waals surface area contributed by atoms with E-state index in [0.29, 0.717) is 29.0 Å². The second-order valence-electron chi connectivity index (χ2n) is 6.43. The number of nitrogens with zero attached hydrogens (tertiary/aromatic N) is 3. The molecule has 0 aliphatic heterocycles. The van der Waals surface area contributed by atoms with E-state index in [4.69, 9.17) is 0 Å². The Kier molecular flexibility index (Phi) is 2.97. The summed E-state index contributed by atoms with van der Waals surface area (Å²) >= 11 is 0. The van der Waals surface area contributed by atoms with Gasteiger partial charge in [-0.1, -0.05) is 13.8 Å². The Bertz CT molecular complexity index is 997. The van der Waals surface area contributed by atoms with Crippen LogP contribution in [0.4, 0.5) is 0 Å². The fourth-order valence-corrected chi connectivity index (χ4v) is 3.28. The number of aromatic amines is 2. The third-order valence-electron chi connectivity index (χ3n) is 4.61. The van der Waals surface area contributed by atoms with Gasteiger partial charge in [-0.15, -0.1) is 5.10 Å². The maximum atomic E-state index is 12.0. The molecule has 3 aromatic rings. The smallest absolute Gasteiger partial charge is 0.313 e. The molecule has 3 aromatic heterocycles. The number of fused-ring (bicyclic) bond motifs is 1. The number of hydrogen-bond acceptors (Lipinski definition) is 4. The molecule has 3 heterocycles. The lowest BCUT2D eigenvalue weighted by atomic mass is 10.0. The number of rotatable bonds is 3. The standard InChI is InChI=1S/C16H17N5O2/c1-8(2)9-5-10(9)11-6-13(20-21-14(11)3-4-18-21)12-7-17-16(23)19-15(12)22/h3-4,6-10H,5H2,1-2H3,(H2,17,19,22,23)/t9-,10+/m0/s1. The van der Waals surface area contributed by atoms with E-state index >= 15 is 0 Å². The maximum absolute atomic E-state index is 12.0. The topological polar surface area (TPSA) is 95.9 Å². The fraction of sp³-hybridized carbons (Fsp3) is 0.375. The largest absolute Gasteiger partial charge is 0.325 e. The summed E-state index contributed by atoms with van der Waals surface area (Å²) < 4.78 is 1.56. The maximum Gasteiger partial charge on any atom is 0.325 e. The third-order valence-corrected chi connectivity index (χ3v) is 4.61. The van der Waals surface area contributed by atoms with Gasteiger partial charge in [0.2, 0.25) is 0 Å². The second-order valence-corrected chi connectivity index (χ2v) is 6.43. The molecule has 7 heteroatoms. The lowest BCUT2D eigenvalue weighted by Crippen LogP contribution is -2.23. The summed E-state index contributed by atoms with van der Waals surface area (Å²) in [5.41, 5.74) is 2.02. The monoisotopic (exact) mass is 311 g/mol. The van der Waals surface area contributed by atoms with Crippen molar-refractivity contribution < 1.29 is 0 Å². The Morgan fingerprint density at radius 2 is 2.17 bits per heavy atom. The molecule has 1 aliphatic rings. The molecule has 1 aliphatic carbocycles. The van der Waals surface area contributed by atoms with Crippen molar-refractivity contribution in [2.45, 2.75) is 26.2 Å². The molecule has 1 fully saturated rings. The molecule has 7 nitrogen and oxygen atoms in total. The highest BCUT2D eigenvalue weighted by molar-refractivity contribution is 5.64. The minimum Gasteiger partial charge on any atom is -0.313 e. The first-order chi connectivity index (χ1) is 11.0. The highest BCUT2D eigenvalue weighted by Gasteiger charge is 2.41. The minimum absolute atomic E-state index is 0.338. The molecule has 2 N–H and O–H groups in total. The summed E-state index contributed by atoms with van der Waals surface area (Å²) in [5.74, 6) is 1.74. The van der Waals surface area contributed by atoms with Crippen molar-refractivity contribution in [3.05, 3.63) is 50.9 Å². The predicted molar refractivity (Wildman–Crippen MR) is 85.4 cm³/mol. The van der Waals surface area contributed by atoms with Crippen LogP contribution in [0.3, 0.4) is 0 Å². The van der Waals surface area contributed by atoms with Crippen LogP contribution in [0.5, 0.6) is 0 Å². The van der Waals surface area contributed by atoms with E-state index < -0.39 is 11.2 Å². The lowest BCUT2D eigenvalue weighted by Gasteiger charge is -2.08. The van der Waals surface area contributed by atoms with Crippen LogP contribution in [0.1, 0.15) is 31.7 Å². The molecule has 0 amide bonds. The van der Waals surface area contributed by atoms with E-state index in [9.17, 15) is 9.59 Å². The molecule has 4 rings (SSSR count). The van der Waals surface area contributed by atoms with Gasteiger partial charge in [0.05, 0.1) is 17.3 Å². The number of nitrogens with one attached hydrogen (secondary N) is 2. The second kappa shape index (κ2) is 4.91. The van der Waals surface area contributed by atoms with Crippen molar-refractivity contribution in [2.75, 3.05) is 0 Å². The van der Waals surface area contributed by atoms with E-state index in [1.165, 1.54) is 6.20 Å². The average molecular weight is 311 g/mol. The summed E-state index contributed by atoms with van der Waals surface area (Å²) in [6, 6.07) is 3.89. The Morgan fingerprint density at radius 3 is 2.87 bits per heavy atom. The van der Waals surface area contributed by atoms with E-state index in [0.717, 1.165) is 17.5 Å². The normalized spacial score (nSPS) is 20.3. The predicted octanol–water partition coefficient (Wildman–Crippen LogP) is 1.53. The average Bonchev–Trinajstić information content (AvgIpc) is 3.16. The Balaban J connectivity index is 1.89. The quantitative estimate of drug-likeness (QED) is 0.766. The summed E-state index contributed by atoms with van der Waals surface area (Å²) in [6.07, 6.45) is 4.25. The molecule has 0 saturated heterocycles. The van der Waals surface area contributed by atoms with Gasteiger partial charge in [-0.3, -0.25) is 9.78 Å². The Hall–Kier alpha value is -2.70. The first-order valence-electron chi connectivity index (χ1n) is 7.72. The van der Waals surface area contributed by atoms with Crippen molar-refractivity contribution in [3.63, 3.8) is 0 Å². The van der Waals surface area contributed by atoms with Gasteiger partial charge in [-0.2, -0.15) is 9.73 Å². The van der Waals surface area contributed by atoms with Gasteiger partial charge in [0.25, 0.3) is 5.56 Å². The van der Waals surface area contributed by atoms with E-state index in [1.54, 1.807) is 10.8 Å². The molecule has 118 valence electrons. The van der Waals surface area contributed by atoms with E-state index in [2.05, 4.69) is 34.0 Å². The molecule has 0 aromatic carbocycles. The fourth-order valence-electron chi connectivity index (χ4n) is 3.28. The van der Waals surface area contributed by atoms with E-state index in [1.807, 2.05) is 12.1 Å². The zero-order chi connectivity index (χ0) is 16.1. The Morgan fingerprint density at radius 1 is 1.35 bits per heavy atom. The summed E-state index contributed by atoms with van der Waals surface area (Å²) in [7, 11) is 0. The zero-order valence-corrected chi connectivity index (χ0v) is 12.9. The van der Waals surface area contributed by atoms with Gasteiger partial charge < -0.3 is 4.98 Å². The molecule has 0 spiro atoms. The van der Waals surface area contributed by atoms with Crippen LogP contribution in [0.2, 0.25) is 0 Å². The van der Waals surface area contributed by atoms with Gasteiger partial charge in [0.15, 0.2) is 0 Å². The first-order valence-corrected chi connectivity index (χ1v) is 7.72. The molecule has 0 radical (unpaired) electrons. The van der Waals surface area contributed by atoms with Crippen molar-refractivity contribution in [2.24, 2.45) is 11.8 Å². The summed E-state index contributed by atoms with van der Waals surface area (Å²) in [6.45, 7) is 4.46. The number of aromatic nitrogens is 5. The molecular weight excluding hydrogens is 294 g/mol. The SMILES string of the molecule is CC(C)[C@@H]1C[C@H]1c1cc(-c2c[nH]c(=O)[nH]c2=O)nn2nccc12. The van der Waals surface area contributed by atoms with Crippen LogP contribution >= 0.6 is 0 Å². The highest BCUT2D eigenvalue weighted by atomic mass is 16.2.